The molecular formula is C12H13F9O4. The number of rotatable bonds is 8. The van der Waals surface area contributed by atoms with Crippen molar-refractivity contribution in [3.05, 3.63) is 12.2 Å². The van der Waals surface area contributed by atoms with Crippen LogP contribution in [-0.4, -0.2) is 54.5 Å². The Kier molecular flexibility index (Phi) is 6.95. The van der Waals surface area contributed by atoms with Gasteiger partial charge in [-0.05, 0) is 6.92 Å². The van der Waals surface area contributed by atoms with Crippen molar-refractivity contribution in [3.63, 3.8) is 0 Å². The maximum absolute atomic E-state index is 13.5. The maximum Gasteiger partial charge on any atom is 0.460 e. The van der Waals surface area contributed by atoms with Crippen LogP contribution in [-0.2, 0) is 14.3 Å². The van der Waals surface area contributed by atoms with E-state index in [9.17, 15) is 49.4 Å². The van der Waals surface area contributed by atoms with Crippen molar-refractivity contribution >= 4 is 5.97 Å². The predicted molar refractivity (Wildman–Crippen MR) is 63.2 cm³/mol. The zero-order chi connectivity index (χ0) is 20.4. The minimum atomic E-state index is -7.09. The van der Waals surface area contributed by atoms with Gasteiger partial charge < -0.3 is 14.6 Å². The molecule has 0 aromatic carbocycles. The number of hydrogen-bond donors (Lipinski definition) is 1. The molecule has 4 nitrogen and oxygen atoms in total. The fourth-order valence-corrected chi connectivity index (χ4v) is 1.38. The number of carbonyl (C=O) groups excluding carboxylic acids is 1. The van der Waals surface area contributed by atoms with Gasteiger partial charge in [0.2, 0.25) is 0 Å². The van der Waals surface area contributed by atoms with Crippen LogP contribution in [0.2, 0.25) is 0 Å². The van der Waals surface area contributed by atoms with Gasteiger partial charge in [0.1, 0.15) is 0 Å². The lowest BCUT2D eigenvalue weighted by atomic mass is 9.98. The number of aliphatic hydroxyl groups is 1. The minimum Gasteiger partial charge on any atom is -0.453 e. The van der Waals surface area contributed by atoms with Crippen molar-refractivity contribution in [1.29, 1.82) is 0 Å². The number of methoxy groups -OCH3 is 1. The highest BCUT2D eigenvalue weighted by Crippen LogP contribution is 2.54. The molecule has 0 bridgehead atoms. The van der Waals surface area contributed by atoms with E-state index >= 15 is 0 Å². The molecule has 13 heteroatoms. The molecular weight excluding hydrogens is 379 g/mol. The molecule has 0 aromatic heterocycles. The molecule has 0 fully saturated rings. The second-order valence-corrected chi connectivity index (χ2v) is 4.91. The Balaban J connectivity index is 5.72. The van der Waals surface area contributed by atoms with Crippen molar-refractivity contribution in [2.75, 3.05) is 7.11 Å². The van der Waals surface area contributed by atoms with E-state index < -0.39 is 54.3 Å². The molecule has 0 aliphatic carbocycles. The van der Waals surface area contributed by atoms with Gasteiger partial charge in [-0.15, -0.1) is 0 Å². The van der Waals surface area contributed by atoms with Gasteiger partial charge in [0, 0.05) is 12.7 Å². The molecule has 0 heterocycles. The number of alkyl halides is 9. The van der Waals surface area contributed by atoms with E-state index in [0.717, 1.165) is 6.92 Å². The molecule has 0 spiro atoms. The SMILES string of the molecule is C=C(C)C(=O)OC(CC(F)(F)C(F)(F)C(F)(F)C(F)(F)F)C(O)OC. The summed E-state index contributed by atoms with van der Waals surface area (Å²) in [6, 6.07) is 0. The lowest BCUT2D eigenvalue weighted by molar-refractivity contribution is -0.399. The average molecular weight is 392 g/mol. The average Bonchev–Trinajstić information content (AvgIpc) is 2.43. The second kappa shape index (κ2) is 7.40. The fourth-order valence-electron chi connectivity index (χ4n) is 1.38. The van der Waals surface area contributed by atoms with E-state index in [-0.39, 0.29) is 0 Å². The fraction of sp³-hybridized carbons (Fsp3) is 0.750. The van der Waals surface area contributed by atoms with Crippen molar-refractivity contribution in [2.45, 2.75) is 49.7 Å². The highest BCUT2D eigenvalue weighted by molar-refractivity contribution is 5.87. The van der Waals surface area contributed by atoms with Crippen LogP contribution >= 0.6 is 0 Å². The normalized spacial score (nSPS) is 16.3. The number of aliphatic hydroxyl groups excluding tert-OH is 1. The van der Waals surface area contributed by atoms with Gasteiger partial charge in [0.15, 0.2) is 12.4 Å². The summed E-state index contributed by atoms with van der Waals surface area (Å²) in [5, 5.41) is 9.22. The first-order chi connectivity index (χ1) is 10.9. The molecule has 0 rings (SSSR count). The summed E-state index contributed by atoms with van der Waals surface area (Å²) in [5.74, 6) is -21.5. The van der Waals surface area contributed by atoms with Gasteiger partial charge >= 0.3 is 29.9 Å². The molecule has 0 radical (unpaired) electrons. The van der Waals surface area contributed by atoms with E-state index in [0.29, 0.717) is 7.11 Å². The molecule has 0 saturated carbocycles. The number of ether oxygens (including phenoxy) is 2. The Hall–Kier alpha value is -1.50. The zero-order valence-corrected chi connectivity index (χ0v) is 12.6. The van der Waals surface area contributed by atoms with Crippen molar-refractivity contribution in [2.24, 2.45) is 0 Å². The van der Waals surface area contributed by atoms with Crippen LogP contribution in [0.1, 0.15) is 13.3 Å². The first-order valence-electron chi connectivity index (χ1n) is 6.20. The van der Waals surface area contributed by atoms with E-state index in [2.05, 4.69) is 16.1 Å². The molecule has 2 unspecified atom stereocenters. The number of hydrogen-bond acceptors (Lipinski definition) is 4. The highest BCUT2D eigenvalue weighted by atomic mass is 19.4. The Morgan fingerprint density at radius 2 is 1.48 bits per heavy atom. The third kappa shape index (κ3) is 4.77. The summed E-state index contributed by atoms with van der Waals surface area (Å²) in [6.45, 7) is 4.00. The molecule has 148 valence electrons. The third-order valence-electron chi connectivity index (χ3n) is 2.83. The van der Waals surface area contributed by atoms with E-state index in [1.807, 2.05) is 0 Å². The van der Waals surface area contributed by atoms with E-state index in [4.69, 9.17) is 0 Å². The van der Waals surface area contributed by atoms with Crippen LogP contribution in [0.4, 0.5) is 39.5 Å². The standard InChI is InChI=1S/C12H13F9O4/c1-5(2)7(22)25-6(8(23)24-3)4-9(13,14)10(15,16)11(17,18)12(19,20)21/h6,8,23H,1,4H2,2-3H3. The second-order valence-electron chi connectivity index (χ2n) is 4.91. The zero-order valence-electron chi connectivity index (χ0n) is 12.6. The van der Waals surface area contributed by atoms with Gasteiger partial charge in [0.25, 0.3) is 0 Å². The van der Waals surface area contributed by atoms with Crippen LogP contribution in [0.3, 0.4) is 0 Å². The summed E-state index contributed by atoms with van der Waals surface area (Å²) in [5.41, 5.74) is -0.455. The van der Waals surface area contributed by atoms with Crippen molar-refractivity contribution < 1.29 is 58.9 Å². The largest absolute Gasteiger partial charge is 0.460 e. The number of esters is 1. The first kappa shape index (κ1) is 23.5. The van der Waals surface area contributed by atoms with Crippen molar-refractivity contribution in [1.82, 2.24) is 0 Å². The Morgan fingerprint density at radius 1 is 1.04 bits per heavy atom. The predicted octanol–water partition coefficient (Wildman–Crippen LogP) is 3.30. The Bertz CT molecular complexity index is 501. The summed E-state index contributed by atoms with van der Waals surface area (Å²) >= 11 is 0. The molecule has 0 aliphatic rings. The molecule has 2 atom stereocenters. The lowest BCUT2D eigenvalue weighted by Gasteiger charge is -2.35. The molecule has 25 heavy (non-hydrogen) atoms. The molecule has 0 saturated heterocycles. The van der Waals surface area contributed by atoms with Gasteiger partial charge in [-0.25, -0.2) is 4.79 Å². The lowest BCUT2D eigenvalue weighted by Crippen LogP contribution is -2.62. The number of carbonyl (C=O) groups is 1. The Labute approximate surface area is 135 Å². The minimum absolute atomic E-state index is 0.455. The van der Waals surface area contributed by atoms with Crippen molar-refractivity contribution in [3.8, 4) is 0 Å². The summed E-state index contributed by atoms with van der Waals surface area (Å²) in [4.78, 5) is 11.2. The maximum atomic E-state index is 13.5. The first-order valence-corrected chi connectivity index (χ1v) is 6.20. The van der Waals surface area contributed by atoms with Crippen LogP contribution in [0, 0.1) is 0 Å². The van der Waals surface area contributed by atoms with Gasteiger partial charge in [-0.3, -0.25) is 0 Å². The van der Waals surface area contributed by atoms with Crippen LogP contribution in [0.25, 0.3) is 0 Å². The quantitative estimate of drug-likeness (QED) is 0.298. The van der Waals surface area contributed by atoms with E-state index in [1.54, 1.807) is 0 Å². The third-order valence-corrected chi connectivity index (χ3v) is 2.83. The van der Waals surface area contributed by atoms with Gasteiger partial charge in [0.05, 0.1) is 6.42 Å². The summed E-state index contributed by atoms with van der Waals surface area (Å²) in [6.07, 6.45) is -14.8. The topological polar surface area (TPSA) is 55.8 Å². The van der Waals surface area contributed by atoms with Crippen LogP contribution in [0.5, 0.6) is 0 Å². The summed E-state index contributed by atoms with van der Waals surface area (Å²) in [7, 11) is 0.646. The monoisotopic (exact) mass is 392 g/mol. The molecule has 0 amide bonds. The Morgan fingerprint density at radius 3 is 1.80 bits per heavy atom. The van der Waals surface area contributed by atoms with Gasteiger partial charge in [-0.2, -0.15) is 39.5 Å². The van der Waals surface area contributed by atoms with E-state index in [1.165, 1.54) is 0 Å². The molecule has 0 aliphatic heterocycles. The summed E-state index contributed by atoms with van der Waals surface area (Å²) < 4.78 is 123. The highest BCUT2D eigenvalue weighted by Gasteiger charge is 2.81. The number of halogens is 9. The van der Waals surface area contributed by atoms with Crippen LogP contribution in [0.15, 0.2) is 12.2 Å². The smallest absolute Gasteiger partial charge is 0.453 e. The van der Waals surface area contributed by atoms with Crippen LogP contribution < -0.4 is 0 Å². The van der Waals surface area contributed by atoms with Gasteiger partial charge in [-0.1, -0.05) is 6.58 Å². The molecule has 0 aromatic rings. The molecule has 1 N–H and O–H groups in total.